The van der Waals surface area contributed by atoms with Crippen LogP contribution in [0.3, 0.4) is 0 Å². The Kier molecular flexibility index (Phi) is 7.12. The minimum Gasteiger partial charge on any atom is -0.475 e. The average Bonchev–Trinajstić information content (AvgIpc) is 3.34. The molecule has 1 N–H and O–H groups in total. The number of alkyl halides is 3. The van der Waals surface area contributed by atoms with Gasteiger partial charge in [-0.15, -0.1) is 0 Å². The summed E-state index contributed by atoms with van der Waals surface area (Å²) in [6.45, 7) is 6.55. The van der Waals surface area contributed by atoms with Crippen LogP contribution < -0.4 is 0 Å². The van der Waals surface area contributed by atoms with Gasteiger partial charge in [-0.05, 0) is 37.8 Å². The van der Waals surface area contributed by atoms with E-state index in [1.54, 1.807) is 6.07 Å². The monoisotopic (exact) mass is 456 g/mol. The third-order valence-electron chi connectivity index (χ3n) is 5.40. The van der Waals surface area contributed by atoms with Gasteiger partial charge in [0.15, 0.2) is 5.82 Å². The number of carboxylic acids is 1. The van der Waals surface area contributed by atoms with E-state index in [4.69, 9.17) is 19.2 Å². The summed E-state index contributed by atoms with van der Waals surface area (Å²) in [6.07, 6.45) is -4.38. The zero-order chi connectivity index (χ0) is 23.5. The van der Waals surface area contributed by atoms with Gasteiger partial charge < -0.3 is 19.3 Å². The van der Waals surface area contributed by atoms with E-state index >= 15 is 0 Å². The van der Waals surface area contributed by atoms with Gasteiger partial charge in [0.05, 0.1) is 13.2 Å². The highest BCUT2D eigenvalue weighted by Gasteiger charge is 2.43. The number of likely N-dealkylation sites (tertiary alicyclic amines) is 1. The van der Waals surface area contributed by atoms with Crippen molar-refractivity contribution < 1.29 is 37.1 Å². The fourth-order valence-corrected chi connectivity index (χ4v) is 3.95. The van der Waals surface area contributed by atoms with E-state index < -0.39 is 12.1 Å². The first-order valence-corrected chi connectivity index (χ1v) is 9.94. The molecule has 9 nitrogen and oxygen atoms in total. The molecule has 0 unspecified atom stereocenters. The molecule has 0 bridgehead atoms. The molecule has 3 atom stereocenters. The minimum atomic E-state index is -5.08. The maximum Gasteiger partial charge on any atom is 0.490 e. The van der Waals surface area contributed by atoms with Crippen LogP contribution in [0.5, 0.6) is 0 Å². The molecule has 2 aliphatic heterocycles. The summed E-state index contributed by atoms with van der Waals surface area (Å²) in [5.41, 5.74) is 1.37. The molecule has 1 amide bonds. The Bertz CT molecular complexity index is 965. The van der Waals surface area contributed by atoms with Crippen LogP contribution in [0, 0.1) is 31.6 Å². The number of pyridine rings is 1. The number of halogens is 3. The van der Waals surface area contributed by atoms with E-state index in [0.29, 0.717) is 54.8 Å². The van der Waals surface area contributed by atoms with Crippen molar-refractivity contribution in [2.75, 3.05) is 26.3 Å². The van der Waals surface area contributed by atoms with E-state index in [2.05, 4.69) is 15.1 Å². The van der Waals surface area contributed by atoms with E-state index in [1.165, 1.54) is 0 Å². The van der Waals surface area contributed by atoms with Crippen LogP contribution in [0.2, 0.25) is 0 Å². The molecule has 4 rings (SSSR count). The van der Waals surface area contributed by atoms with Crippen molar-refractivity contribution in [2.45, 2.75) is 26.4 Å². The molecule has 32 heavy (non-hydrogen) atoms. The average molecular weight is 456 g/mol. The second kappa shape index (κ2) is 9.63. The smallest absolute Gasteiger partial charge is 0.475 e. The number of aliphatic carboxylic acids is 1. The van der Waals surface area contributed by atoms with Crippen LogP contribution in [0.4, 0.5) is 13.2 Å². The molecule has 2 aromatic heterocycles. The Balaban J connectivity index is 0.000000360. The summed E-state index contributed by atoms with van der Waals surface area (Å²) in [7, 11) is 0. The van der Waals surface area contributed by atoms with Gasteiger partial charge in [-0.1, -0.05) is 11.2 Å². The zero-order valence-corrected chi connectivity index (χ0v) is 17.5. The lowest BCUT2D eigenvalue weighted by Gasteiger charge is -2.31. The van der Waals surface area contributed by atoms with Gasteiger partial charge in [-0.25, -0.2) is 9.78 Å². The number of carbonyl (C=O) groups is 2. The van der Waals surface area contributed by atoms with E-state index in [-0.39, 0.29) is 5.91 Å². The maximum atomic E-state index is 12.8. The van der Waals surface area contributed by atoms with Crippen LogP contribution in [0.1, 0.15) is 27.9 Å². The normalized spacial score (nSPS) is 22.7. The fraction of sp³-hybridized carbons (Fsp3) is 0.550. The molecule has 4 heterocycles. The van der Waals surface area contributed by atoms with Gasteiger partial charge in [-0.3, -0.25) is 4.79 Å². The molecule has 0 spiro atoms. The lowest BCUT2D eigenvalue weighted by atomic mass is 9.81. The summed E-state index contributed by atoms with van der Waals surface area (Å²) in [6, 6.07) is 5.56. The number of carbonyl (C=O) groups excluding carboxylic acids is 1. The molecule has 2 saturated heterocycles. The van der Waals surface area contributed by atoms with Crippen LogP contribution >= 0.6 is 0 Å². The lowest BCUT2D eigenvalue weighted by molar-refractivity contribution is -0.192. The van der Waals surface area contributed by atoms with Gasteiger partial charge in [-0.2, -0.15) is 18.2 Å². The largest absolute Gasteiger partial charge is 0.490 e. The topological polar surface area (TPSA) is 119 Å². The van der Waals surface area contributed by atoms with Crippen molar-refractivity contribution in [3.63, 3.8) is 0 Å². The van der Waals surface area contributed by atoms with E-state index in [1.807, 2.05) is 30.9 Å². The number of aryl methyl sites for hydroxylation is 2. The Labute approximate surface area is 181 Å². The second-order valence-corrected chi connectivity index (χ2v) is 7.84. The summed E-state index contributed by atoms with van der Waals surface area (Å²) in [5, 5.41) is 11.0. The van der Waals surface area contributed by atoms with Crippen molar-refractivity contribution in [3.05, 3.63) is 41.3 Å². The minimum absolute atomic E-state index is 0.00508. The van der Waals surface area contributed by atoms with Crippen molar-refractivity contribution >= 4 is 11.9 Å². The maximum absolute atomic E-state index is 12.8. The van der Waals surface area contributed by atoms with Gasteiger partial charge in [0.25, 0.3) is 5.91 Å². The van der Waals surface area contributed by atoms with Gasteiger partial charge in [0.1, 0.15) is 5.69 Å². The van der Waals surface area contributed by atoms with Gasteiger partial charge >= 0.3 is 12.1 Å². The first-order valence-electron chi connectivity index (χ1n) is 9.94. The predicted molar refractivity (Wildman–Crippen MR) is 103 cm³/mol. The molecule has 2 aromatic rings. The van der Waals surface area contributed by atoms with E-state index in [9.17, 15) is 18.0 Å². The summed E-state index contributed by atoms with van der Waals surface area (Å²) in [4.78, 5) is 32.3. The molecule has 2 fully saturated rings. The molecule has 0 radical (unpaired) electrons. The van der Waals surface area contributed by atoms with E-state index in [0.717, 1.165) is 18.8 Å². The quantitative estimate of drug-likeness (QED) is 0.747. The second-order valence-electron chi connectivity index (χ2n) is 7.84. The number of amides is 1. The number of rotatable bonds is 3. The highest BCUT2D eigenvalue weighted by atomic mass is 19.4. The number of carboxylic acid groups (broad SMARTS) is 1. The molecular weight excluding hydrogens is 433 g/mol. The number of fused-ring (bicyclic) bond motifs is 1. The molecule has 2 aliphatic rings. The Hall–Kier alpha value is -3.02. The van der Waals surface area contributed by atoms with Crippen LogP contribution in [0.15, 0.2) is 22.7 Å². The lowest BCUT2D eigenvalue weighted by Crippen LogP contribution is -2.36. The fourth-order valence-electron chi connectivity index (χ4n) is 3.95. The summed E-state index contributed by atoms with van der Waals surface area (Å²) >= 11 is 0. The zero-order valence-electron chi connectivity index (χ0n) is 17.5. The van der Waals surface area contributed by atoms with Crippen molar-refractivity contribution in [3.8, 4) is 0 Å². The van der Waals surface area contributed by atoms with Crippen LogP contribution in [-0.4, -0.2) is 69.5 Å². The molecule has 0 aromatic carbocycles. The van der Waals surface area contributed by atoms with Crippen LogP contribution in [0.25, 0.3) is 0 Å². The Morgan fingerprint density at radius 1 is 1.19 bits per heavy atom. The first-order chi connectivity index (χ1) is 15.0. The highest BCUT2D eigenvalue weighted by molar-refractivity contribution is 5.92. The van der Waals surface area contributed by atoms with Crippen molar-refractivity contribution in [1.82, 2.24) is 20.0 Å². The first kappa shape index (κ1) is 23.6. The Morgan fingerprint density at radius 2 is 1.91 bits per heavy atom. The third-order valence-corrected chi connectivity index (χ3v) is 5.40. The molecule has 0 aliphatic carbocycles. The number of ether oxygens (including phenoxy) is 1. The van der Waals surface area contributed by atoms with Crippen LogP contribution in [-0.2, 0) is 16.0 Å². The SMILES string of the molecule is Cc1cccc(C(=O)N2C[C@@H]3COC[C@@H](Cc4nc(C)no4)[C@@H]3C2)n1.O=C(O)C(F)(F)F. The van der Waals surface area contributed by atoms with Crippen molar-refractivity contribution in [2.24, 2.45) is 17.8 Å². The van der Waals surface area contributed by atoms with Gasteiger partial charge in [0.2, 0.25) is 5.89 Å². The number of nitrogens with zero attached hydrogens (tertiary/aromatic N) is 4. The summed E-state index contributed by atoms with van der Waals surface area (Å²) < 4.78 is 42.8. The predicted octanol–water partition coefficient (Wildman–Crippen LogP) is 2.29. The molecular formula is C20H23F3N4O5. The standard InChI is InChI=1S/C18H22N4O3.C2HF3O2/c1-11-4-3-5-16(19-11)18(23)22-7-14-10-24-9-13(15(14)8-22)6-17-20-12(2)21-25-17;3-2(4,5)1(6)7/h3-5,13-15H,6-10H2,1-2H3;(H,6,7)/t13-,14-,15+;/m1./s1. The summed E-state index contributed by atoms with van der Waals surface area (Å²) in [5.74, 6) is -0.403. The van der Waals surface area contributed by atoms with Crippen molar-refractivity contribution in [1.29, 1.82) is 0 Å². The Morgan fingerprint density at radius 3 is 2.50 bits per heavy atom. The molecule has 12 heteroatoms. The number of hydrogen-bond donors (Lipinski definition) is 1. The number of hydrogen-bond acceptors (Lipinski definition) is 7. The molecule has 174 valence electrons. The number of aromatic nitrogens is 3. The third kappa shape index (κ3) is 5.81. The van der Waals surface area contributed by atoms with Gasteiger partial charge in [0, 0.05) is 31.1 Å². The molecule has 0 saturated carbocycles. The highest BCUT2D eigenvalue weighted by Crippen LogP contribution is 2.36.